The third-order valence-electron chi connectivity index (χ3n) is 3.34. The Hall–Kier alpha value is -1.59. The van der Waals surface area contributed by atoms with Gasteiger partial charge in [0.2, 0.25) is 11.8 Å². The van der Waals surface area contributed by atoms with Gasteiger partial charge in [-0.1, -0.05) is 18.3 Å². The summed E-state index contributed by atoms with van der Waals surface area (Å²) in [6, 6.07) is 0. The maximum absolute atomic E-state index is 10.1. The number of nitrogens with zero attached hydrogens (tertiary/aromatic N) is 3. The maximum atomic E-state index is 10.1. The summed E-state index contributed by atoms with van der Waals surface area (Å²) in [5.74, 6) is -0.193. The van der Waals surface area contributed by atoms with E-state index in [0.29, 0.717) is 9.92 Å². The monoisotopic (exact) mass is 314 g/mol. The Morgan fingerprint density at radius 3 is 2.67 bits per heavy atom. The normalized spacial score (nSPS) is 31.8. The number of anilines is 2. The first-order valence-electron chi connectivity index (χ1n) is 6.09. The molecule has 1 aromatic rings. The SMILES string of the molecule is C=C1Sc2c(O)nc(N)nc2N1[C@@H]1O[C@H](CO)[C@@H](O)[C@H]1O. The first-order chi connectivity index (χ1) is 9.93. The Morgan fingerprint density at radius 2 is 2.05 bits per heavy atom. The van der Waals surface area contributed by atoms with Crippen molar-refractivity contribution in [3.63, 3.8) is 0 Å². The Morgan fingerprint density at radius 1 is 1.33 bits per heavy atom. The summed E-state index contributed by atoms with van der Waals surface area (Å²) in [7, 11) is 0. The maximum Gasteiger partial charge on any atom is 0.232 e. The number of aliphatic hydroxyl groups is 3. The summed E-state index contributed by atoms with van der Waals surface area (Å²) in [6.45, 7) is 3.37. The lowest BCUT2D eigenvalue weighted by Gasteiger charge is -2.27. The molecule has 6 N–H and O–H groups in total. The van der Waals surface area contributed by atoms with E-state index in [9.17, 15) is 15.3 Å². The van der Waals surface area contributed by atoms with Crippen molar-refractivity contribution in [3.8, 4) is 5.88 Å². The predicted molar refractivity (Wildman–Crippen MR) is 73.3 cm³/mol. The molecule has 1 aromatic heterocycles. The van der Waals surface area contributed by atoms with E-state index in [2.05, 4.69) is 16.5 Å². The van der Waals surface area contributed by atoms with Crippen molar-refractivity contribution in [3.05, 3.63) is 11.6 Å². The van der Waals surface area contributed by atoms with E-state index >= 15 is 0 Å². The van der Waals surface area contributed by atoms with E-state index in [1.54, 1.807) is 0 Å². The Balaban J connectivity index is 2.00. The summed E-state index contributed by atoms with van der Waals surface area (Å²) < 4.78 is 5.44. The second-order valence-electron chi connectivity index (χ2n) is 4.65. The molecule has 9 nitrogen and oxygen atoms in total. The smallest absolute Gasteiger partial charge is 0.232 e. The van der Waals surface area contributed by atoms with E-state index in [0.717, 1.165) is 11.8 Å². The van der Waals surface area contributed by atoms with Crippen molar-refractivity contribution in [2.24, 2.45) is 0 Å². The molecule has 2 aliphatic rings. The van der Waals surface area contributed by atoms with Crippen LogP contribution < -0.4 is 10.6 Å². The first kappa shape index (κ1) is 14.4. The summed E-state index contributed by atoms with van der Waals surface area (Å²) in [5.41, 5.74) is 5.51. The summed E-state index contributed by atoms with van der Waals surface area (Å²) in [6.07, 6.45) is -4.43. The number of thioether (sulfide) groups is 1. The topological polar surface area (TPSA) is 145 Å². The number of hydrogen-bond donors (Lipinski definition) is 5. The molecule has 10 heteroatoms. The van der Waals surface area contributed by atoms with Gasteiger partial charge in [0.1, 0.15) is 23.2 Å². The minimum Gasteiger partial charge on any atom is -0.492 e. The third-order valence-corrected chi connectivity index (χ3v) is 4.34. The number of nitrogens with two attached hydrogens (primary N) is 1. The lowest BCUT2D eigenvalue weighted by atomic mass is 10.1. The van der Waals surface area contributed by atoms with Crippen molar-refractivity contribution in [2.75, 3.05) is 17.2 Å². The van der Waals surface area contributed by atoms with E-state index in [1.807, 2.05) is 0 Å². The number of aromatic nitrogens is 2. The number of aliphatic hydroxyl groups excluding tert-OH is 3. The van der Waals surface area contributed by atoms with Crippen molar-refractivity contribution >= 4 is 23.5 Å². The minimum absolute atomic E-state index is 0.140. The van der Waals surface area contributed by atoms with Crippen LogP contribution >= 0.6 is 11.8 Å². The average Bonchev–Trinajstić information content (AvgIpc) is 2.89. The fourth-order valence-electron chi connectivity index (χ4n) is 2.34. The van der Waals surface area contributed by atoms with Gasteiger partial charge in [0, 0.05) is 0 Å². The highest BCUT2D eigenvalue weighted by molar-refractivity contribution is 8.03. The third kappa shape index (κ3) is 2.12. The van der Waals surface area contributed by atoms with Crippen LogP contribution in [0.3, 0.4) is 0 Å². The number of rotatable bonds is 2. The second kappa shape index (κ2) is 5.00. The van der Waals surface area contributed by atoms with Crippen LogP contribution in [0.25, 0.3) is 0 Å². The molecule has 0 unspecified atom stereocenters. The van der Waals surface area contributed by atoms with Crippen molar-refractivity contribution in [2.45, 2.75) is 29.4 Å². The molecule has 21 heavy (non-hydrogen) atoms. The molecule has 4 atom stereocenters. The minimum atomic E-state index is -1.27. The highest BCUT2D eigenvalue weighted by Gasteiger charge is 2.48. The summed E-state index contributed by atoms with van der Waals surface area (Å²) >= 11 is 1.10. The van der Waals surface area contributed by atoms with Crippen LogP contribution in [0.5, 0.6) is 5.88 Å². The fourth-order valence-corrected chi connectivity index (χ4v) is 3.24. The van der Waals surface area contributed by atoms with Gasteiger partial charge in [0.15, 0.2) is 12.0 Å². The van der Waals surface area contributed by atoms with E-state index < -0.39 is 31.1 Å². The number of aromatic hydroxyl groups is 1. The number of fused-ring (bicyclic) bond motifs is 1. The van der Waals surface area contributed by atoms with E-state index in [1.165, 1.54) is 4.90 Å². The molecule has 0 aromatic carbocycles. The number of nitrogen functional groups attached to an aromatic ring is 1. The van der Waals surface area contributed by atoms with Gasteiger partial charge in [-0.15, -0.1) is 0 Å². The highest BCUT2D eigenvalue weighted by atomic mass is 32.2. The van der Waals surface area contributed by atoms with Crippen LogP contribution in [0.1, 0.15) is 0 Å². The van der Waals surface area contributed by atoms with Crippen molar-refractivity contribution in [1.29, 1.82) is 0 Å². The second-order valence-corrected chi connectivity index (χ2v) is 5.74. The van der Waals surface area contributed by atoms with Crippen LogP contribution in [0.2, 0.25) is 0 Å². The fraction of sp³-hybridized carbons (Fsp3) is 0.455. The summed E-state index contributed by atoms with van der Waals surface area (Å²) in [5, 5.41) is 39.3. The molecule has 0 bridgehead atoms. The Labute approximate surface area is 123 Å². The number of hydrogen-bond acceptors (Lipinski definition) is 10. The van der Waals surface area contributed by atoms with Crippen LogP contribution in [-0.4, -0.2) is 61.5 Å². The van der Waals surface area contributed by atoms with Gasteiger partial charge in [0.05, 0.1) is 11.6 Å². The van der Waals surface area contributed by atoms with Crippen LogP contribution in [0, 0.1) is 0 Å². The van der Waals surface area contributed by atoms with E-state index in [-0.39, 0.29) is 17.6 Å². The molecule has 1 fully saturated rings. The molecule has 114 valence electrons. The van der Waals surface area contributed by atoms with Crippen molar-refractivity contribution < 1.29 is 25.2 Å². The Bertz CT molecular complexity index is 600. The summed E-state index contributed by atoms with van der Waals surface area (Å²) in [4.78, 5) is 9.42. The molecule has 0 amide bonds. The zero-order valence-corrected chi connectivity index (χ0v) is 11.6. The van der Waals surface area contributed by atoms with Gasteiger partial charge in [-0.25, -0.2) is 0 Å². The molecule has 3 heterocycles. The largest absolute Gasteiger partial charge is 0.492 e. The molecule has 0 spiro atoms. The lowest BCUT2D eigenvalue weighted by Crippen LogP contribution is -2.42. The van der Waals surface area contributed by atoms with Crippen LogP contribution in [0.4, 0.5) is 11.8 Å². The first-order valence-corrected chi connectivity index (χ1v) is 6.90. The lowest BCUT2D eigenvalue weighted by molar-refractivity contribution is -0.0205. The zero-order chi connectivity index (χ0) is 15.3. The van der Waals surface area contributed by atoms with Gasteiger partial charge in [0.25, 0.3) is 0 Å². The highest BCUT2D eigenvalue weighted by Crippen LogP contribution is 2.50. The van der Waals surface area contributed by atoms with Crippen LogP contribution in [-0.2, 0) is 4.74 Å². The standard InChI is InChI=1S/C11H14N4O5S/c1-3-15(10-6(18)5(17)4(2-16)20-10)8-7(21-3)9(19)14-11(12)13-8/h4-6,10,16-18H,1-2H2,(H3,12,13,14,19)/t4-,5-,6-,10-/m1/s1. The molecule has 2 aliphatic heterocycles. The molecule has 1 saturated heterocycles. The molecule has 0 saturated carbocycles. The molecular formula is C11H14N4O5S. The van der Waals surface area contributed by atoms with Crippen molar-refractivity contribution in [1.82, 2.24) is 9.97 Å². The van der Waals surface area contributed by atoms with Gasteiger partial charge in [-0.2, -0.15) is 9.97 Å². The van der Waals surface area contributed by atoms with Gasteiger partial charge in [-0.3, -0.25) is 4.90 Å². The van der Waals surface area contributed by atoms with Crippen LogP contribution in [0.15, 0.2) is 16.5 Å². The number of ether oxygens (including phenoxy) is 1. The molecule has 0 aliphatic carbocycles. The quantitative estimate of drug-likeness (QED) is 0.441. The predicted octanol–water partition coefficient (Wildman–Crippen LogP) is -1.41. The average molecular weight is 314 g/mol. The van der Waals surface area contributed by atoms with E-state index in [4.69, 9.17) is 15.6 Å². The Kier molecular flexibility index (Phi) is 3.42. The zero-order valence-electron chi connectivity index (χ0n) is 10.7. The van der Waals surface area contributed by atoms with Gasteiger partial charge >= 0.3 is 0 Å². The van der Waals surface area contributed by atoms with Gasteiger partial charge < -0.3 is 30.9 Å². The molecular weight excluding hydrogens is 300 g/mol. The molecule has 0 radical (unpaired) electrons. The molecule has 3 rings (SSSR count). The van der Waals surface area contributed by atoms with Gasteiger partial charge in [-0.05, 0) is 0 Å².